The molecule has 0 radical (unpaired) electrons. The maximum Gasteiger partial charge on any atom is 0.321 e. The van der Waals surface area contributed by atoms with Gasteiger partial charge in [0.05, 0.1) is 33.1 Å². The first-order valence-electron chi connectivity index (χ1n) is 11.0. The summed E-state index contributed by atoms with van der Waals surface area (Å²) in [5.74, 6) is -3.14. The number of ketones is 2. The molecule has 15 heteroatoms. The Morgan fingerprint density at radius 2 is 1.31 bits per heavy atom. The van der Waals surface area contributed by atoms with Gasteiger partial charge >= 0.3 is 11.9 Å². The molecule has 39 heavy (non-hydrogen) atoms. The number of nitro groups is 2. The quantitative estimate of drug-likeness (QED) is 0.124. The Balaban J connectivity index is 0.000000612. The van der Waals surface area contributed by atoms with E-state index in [1.54, 1.807) is 26.0 Å². The van der Waals surface area contributed by atoms with E-state index in [-0.39, 0.29) is 35.7 Å². The molecule has 1 unspecified atom stereocenters. The summed E-state index contributed by atoms with van der Waals surface area (Å²) in [7, 11) is 0. The SMILES string of the molecule is CCOC(=O)C(C(C)=O)c1ccc(Br)cc1[N+](=O)[O-].CCOC(=O)CC(C)=O.O=[N+]([O-])c1cc(Br)ccc1Br. The number of hydrogen-bond donors (Lipinski definition) is 0. The normalized spacial score (nSPS) is 10.4. The Bertz CT molecular complexity index is 1220. The highest BCUT2D eigenvalue weighted by atomic mass is 79.9. The molecule has 0 aliphatic heterocycles. The second-order valence-electron chi connectivity index (χ2n) is 7.29. The molecule has 0 heterocycles. The minimum Gasteiger partial charge on any atom is -0.466 e. The Kier molecular flexibility index (Phi) is 16.9. The average Bonchev–Trinajstić information content (AvgIpc) is 2.82. The van der Waals surface area contributed by atoms with Crippen LogP contribution in [-0.4, -0.2) is 46.6 Å². The molecular weight excluding hydrogens is 716 g/mol. The zero-order chi connectivity index (χ0) is 30.3. The summed E-state index contributed by atoms with van der Waals surface area (Å²) in [5, 5.41) is 21.3. The number of rotatable bonds is 9. The standard InChI is InChI=1S/C12H12BrNO5.C6H3Br2NO2.C6H10O3/c1-3-19-12(16)11(7(2)15)9-5-4-8(13)6-10(9)14(17)18;7-4-1-2-5(8)6(3-4)9(10)11;1-3-9-6(8)4-5(2)7/h4-6,11H,3H2,1-2H3;1-3H;3-4H2,1-2H3. The second-order valence-corrected chi connectivity index (χ2v) is 9.98. The van der Waals surface area contributed by atoms with Crippen LogP contribution in [0.15, 0.2) is 49.8 Å². The predicted octanol–water partition coefficient (Wildman–Crippen LogP) is 6.24. The van der Waals surface area contributed by atoms with Crippen LogP contribution >= 0.6 is 47.8 Å². The van der Waals surface area contributed by atoms with E-state index in [0.29, 0.717) is 20.0 Å². The summed E-state index contributed by atoms with van der Waals surface area (Å²) in [6.07, 6.45) is -0.103. The van der Waals surface area contributed by atoms with E-state index in [0.717, 1.165) is 0 Å². The number of esters is 2. The van der Waals surface area contributed by atoms with Crippen molar-refractivity contribution in [3.05, 3.63) is 75.6 Å². The summed E-state index contributed by atoms with van der Waals surface area (Å²) >= 11 is 9.32. The molecule has 0 N–H and O–H groups in total. The van der Waals surface area contributed by atoms with Gasteiger partial charge in [0, 0.05) is 21.1 Å². The van der Waals surface area contributed by atoms with E-state index >= 15 is 0 Å². The van der Waals surface area contributed by atoms with Crippen molar-refractivity contribution in [2.24, 2.45) is 0 Å². The van der Waals surface area contributed by atoms with Crippen molar-refractivity contribution in [3.63, 3.8) is 0 Å². The highest BCUT2D eigenvalue weighted by Crippen LogP contribution is 2.31. The van der Waals surface area contributed by atoms with Gasteiger partial charge in [-0.2, -0.15) is 0 Å². The average molecular weight is 741 g/mol. The maximum atomic E-state index is 11.8. The van der Waals surface area contributed by atoms with Gasteiger partial charge < -0.3 is 9.47 Å². The van der Waals surface area contributed by atoms with Crippen LogP contribution in [0.4, 0.5) is 11.4 Å². The second kappa shape index (κ2) is 18.3. The number of halogens is 3. The molecule has 12 nitrogen and oxygen atoms in total. The largest absolute Gasteiger partial charge is 0.466 e. The number of carbonyl (C=O) groups excluding carboxylic acids is 4. The molecule has 0 spiro atoms. The van der Waals surface area contributed by atoms with Gasteiger partial charge in [0.25, 0.3) is 11.4 Å². The number of nitrogens with zero attached hydrogens (tertiary/aromatic N) is 2. The van der Waals surface area contributed by atoms with E-state index in [4.69, 9.17) is 4.74 Å². The van der Waals surface area contributed by atoms with Crippen molar-refractivity contribution in [1.82, 2.24) is 0 Å². The fourth-order valence-electron chi connectivity index (χ4n) is 2.70. The zero-order valence-electron chi connectivity index (χ0n) is 21.3. The van der Waals surface area contributed by atoms with Crippen molar-refractivity contribution in [1.29, 1.82) is 0 Å². The zero-order valence-corrected chi connectivity index (χ0v) is 26.0. The smallest absolute Gasteiger partial charge is 0.321 e. The highest BCUT2D eigenvalue weighted by Gasteiger charge is 2.33. The summed E-state index contributed by atoms with van der Waals surface area (Å²) in [4.78, 5) is 64.3. The molecule has 0 bridgehead atoms. The highest BCUT2D eigenvalue weighted by molar-refractivity contribution is 9.11. The van der Waals surface area contributed by atoms with Crippen LogP contribution in [0.3, 0.4) is 0 Å². The number of nitro benzene ring substituents is 2. The molecular formula is C24H25Br3N2O10. The predicted molar refractivity (Wildman–Crippen MR) is 151 cm³/mol. The van der Waals surface area contributed by atoms with E-state index in [2.05, 4.69) is 52.5 Å². The number of ether oxygens (including phenoxy) is 2. The third kappa shape index (κ3) is 13.5. The summed E-state index contributed by atoms with van der Waals surface area (Å²) in [6.45, 7) is 6.31. The van der Waals surface area contributed by atoms with Crippen LogP contribution in [-0.2, 0) is 28.7 Å². The minimum atomic E-state index is -1.27. The van der Waals surface area contributed by atoms with Gasteiger partial charge in [0.2, 0.25) is 0 Å². The molecule has 0 aromatic heterocycles. The third-order valence-electron chi connectivity index (χ3n) is 4.23. The topological polar surface area (TPSA) is 173 Å². The van der Waals surface area contributed by atoms with Crippen LogP contribution in [0, 0.1) is 20.2 Å². The minimum absolute atomic E-state index is 0.0409. The lowest BCUT2D eigenvalue weighted by atomic mass is 9.94. The van der Waals surface area contributed by atoms with Crippen LogP contribution in [0.5, 0.6) is 0 Å². The fraction of sp³-hybridized carbons (Fsp3) is 0.333. The lowest BCUT2D eigenvalue weighted by molar-refractivity contribution is -0.385. The van der Waals surface area contributed by atoms with Crippen LogP contribution in [0.2, 0.25) is 0 Å². The number of benzene rings is 2. The molecule has 2 aromatic rings. The maximum absolute atomic E-state index is 11.8. The molecule has 0 saturated carbocycles. The number of Topliss-reactive ketones (excluding diaryl/α,β-unsaturated/α-hetero) is 2. The van der Waals surface area contributed by atoms with Gasteiger partial charge in [0.1, 0.15) is 23.9 Å². The molecule has 0 saturated heterocycles. The van der Waals surface area contributed by atoms with Gasteiger partial charge in [0.15, 0.2) is 0 Å². The van der Waals surface area contributed by atoms with Crippen molar-refractivity contribution in [3.8, 4) is 0 Å². The lowest BCUT2D eigenvalue weighted by Gasteiger charge is -2.13. The first-order valence-corrected chi connectivity index (χ1v) is 13.4. The van der Waals surface area contributed by atoms with Crippen molar-refractivity contribution in [2.45, 2.75) is 40.0 Å². The molecule has 0 aliphatic carbocycles. The Labute approximate surface area is 249 Å². The summed E-state index contributed by atoms with van der Waals surface area (Å²) < 4.78 is 11.0. The van der Waals surface area contributed by atoms with Gasteiger partial charge in [-0.15, -0.1) is 0 Å². The summed E-state index contributed by atoms with van der Waals surface area (Å²) in [6, 6.07) is 8.98. The van der Waals surface area contributed by atoms with Crippen LogP contribution in [0.25, 0.3) is 0 Å². The molecule has 0 fully saturated rings. The van der Waals surface area contributed by atoms with Crippen LogP contribution < -0.4 is 0 Å². The monoisotopic (exact) mass is 738 g/mol. The van der Waals surface area contributed by atoms with E-state index in [1.807, 2.05) is 0 Å². The Hall–Kier alpha value is -3.04. The molecule has 212 valence electrons. The van der Waals surface area contributed by atoms with E-state index in [1.165, 1.54) is 38.1 Å². The summed E-state index contributed by atoms with van der Waals surface area (Å²) in [5.41, 5.74) is -0.179. The third-order valence-corrected chi connectivity index (χ3v) is 5.89. The van der Waals surface area contributed by atoms with Gasteiger partial charge in [-0.3, -0.25) is 39.4 Å². The van der Waals surface area contributed by atoms with Crippen molar-refractivity contribution >= 4 is 82.7 Å². The first kappa shape index (κ1) is 36.0. The number of carbonyl (C=O) groups is 4. The fourth-order valence-corrected chi connectivity index (χ4v) is 3.79. The number of hydrogen-bond acceptors (Lipinski definition) is 10. The molecule has 1 atom stereocenters. The Morgan fingerprint density at radius 1 is 0.821 bits per heavy atom. The molecule has 2 rings (SSSR count). The lowest BCUT2D eigenvalue weighted by Crippen LogP contribution is -2.23. The molecule has 0 aliphatic rings. The molecule has 2 aromatic carbocycles. The van der Waals surface area contributed by atoms with Gasteiger partial charge in [-0.05, 0) is 67.9 Å². The van der Waals surface area contributed by atoms with Gasteiger partial charge in [-0.25, -0.2) is 0 Å². The first-order chi connectivity index (χ1) is 18.2. The van der Waals surface area contributed by atoms with E-state index in [9.17, 15) is 39.4 Å². The van der Waals surface area contributed by atoms with Crippen molar-refractivity contribution < 1.29 is 38.5 Å². The van der Waals surface area contributed by atoms with Crippen LogP contribution in [0.1, 0.15) is 45.6 Å². The Morgan fingerprint density at radius 3 is 1.72 bits per heavy atom. The molecule has 0 amide bonds. The van der Waals surface area contributed by atoms with E-state index < -0.39 is 33.5 Å². The van der Waals surface area contributed by atoms with Crippen molar-refractivity contribution in [2.75, 3.05) is 13.2 Å². The van der Waals surface area contributed by atoms with Gasteiger partial charge in [-0.1, -0.05) is 31.9 Å².